The average molecular weight is 292 g/mol. The van der Waals surface area contributed by atoms with Crippen molar-refractivity contribution in [3.8, 4) is 0 Å². The van der Waals surface area contributed by atoms with Crippen molar-refractivity contribution in [2.24, 2.45) is 0 Å². The Balaban J connectivity index is 1.99. The molecule has 0 spiro atoms. The SMILES string of the molecule is CCCNc1ncnc(NCC(O)c2ccsc2)c1C. The Morgan fingerprint density at radius 2 is 2.05 bits per heavy atom. The predicted octanol–water partition coefficient (Wildman–Crippen LogP) is 2.81. The van der Waals surface area contributed by atoms with E-state index < -0.39 is 6.10 Å². The maximum absolute atomic E-state index is 10.1. The molecular weight excluding hydrogens is 272 g/mol. The van der Waals surface area contributed by atoms with E-state index in [1.807, 2.05) is 23.8 Å². The van der Waals surface area contributed by atoms with Crippen LogP contribution >= 0.6 is 11.3 Å². The molecule has 2 heterocycles. The molecule has 0 aliphatic heterocycles. The third-order valence-corrected chi connectivity index (χ3v) is 3.72. The standard InChI is InChI=1S/C14H20N4OS/c1-3-5-15-13-10(2)14(18-9-17-13)16-7-12(19)11-4-6-20-8-11/h4,6,8-9,12,19H,3,5,7H2,1-2H3,(H2,15,16,17,18). The van der Waals surface area contributed by atoms with Crippen LogP contribution < -0.4 is 10.6 Å². The molecule has 0 bridgehead atoms. The van der Waals surface area contributed by atoms with Crippen molar-refractivity contribution in [3.05, 3.63) is 34.3 Å². The van der Waals surface area contributed by atoms with Gasteiger partial charge in [-0.25, -0.2) is 9.97 Å². The minimum atomic E-state index is -0.525. The number of aliphatic hydroxyl groups is 1. The molecule has 2 rings (SSSR count). The van der Waals surface area contributed by atoms with Crippen molar-refractivity contribution in [3.63, 3.8) is 0 Å². The average Bonchev–Trinajstić information content (AvgIpc) is 2.99. The Labute approximate surface area is 123 Å². The summed E-state index contributed by atoms with van der Waals surface area (Å²) in [6.07, 6.45) is 2.05. The zero-order valence-electron chi connectivity index (χ0n) is 11.8. The first kappa shape index (κ1) is 14.7. The van der Waals surface area contributed by atoms with E-state index in [1.165, 1.54) is 6.33 Å². The van der Waals surface area contributed by atoms with Crippen molar-refractivity contribution in [1.29, 1.82) is 0 Å². The lowest BCUT2D eigenvalue weighted by atomic mass is 10.2. The Hall–Kier alpha value is -1.66. The van der Waals surface area contributed by atoms with Gasteiger partial charge < -0.3 is 15.7 Å². The van der Waals surface area contributed by atoms with Crippen LogP contribution in [-0.4, -0.2) is 28.2 Å². The number of aliphatic hydroxyl groups excluding tert-OH is 1. The summed E-state index contributed by atoms with van der Waals surface area (Å²) in [6.45, 7) is 5.40. The number of nitrogens with one attached hydrogen (secondary N) is 2. The number of nitrogens with zero attached hydrogens (tertiary/aromatic N) is 2. The van der Waals surface area contributed by atoms with Gasteiger partial charge in [-0.3, -0.25) is 0 Å². The second-order valence-electron chi connectivity index (χ2n) is 4.58. The fourth-order valence-corrected chi connectivity index (χ4v) is 2.53. The van der Waals surface area contributed by atoms with Gasteiger partial charge in [0.1, 0.15) is 18.0 Å². The molecule has 0 radical (unpaired) electrons. The Morgan fingerprint density at radius 1 is 1.30 bits per heavy atom. The monoisotopic (exact) mass is 292 g/mol. The molecule has 20 heavy (non-hydrogen) atoms. The summed E-state index contributed by atoms with van der Waals surface area (Å²) in [7, 11) is 0. The van der Waals surface area contributed by atoms with Gasteiger partial charge in [0.25, 0.3) is 0 Å². The Morgan fingerprint density at radius 3 is 2.70 bits per heavy atom. The van der Waals surface area contributed by atoms with Gasteiger partial charge >= 0.3 is 0 Å². The van der Waals surface area contributed by atoms with E-state index in [4.69, 9.17) is 0 Å². The van der Waals surface area contributed by atoms with Crippen LogP contribution in [0.2, 0.25) is 0 Å². The van der Waals surface area contributed by atoms with Crippen LogP contribution in [0.4, 0.5) is 11.6 Å². The molecule has 0 amide bonds. The molecule has 3 N–H and O–H groups in total. The zero-order chi connectivity index (χ0) is 14.4. The number of rotatable bonds is 7. The summed E-state index contributed by atoms with van der Waals surface area (Å²) >= 11 is 1.58. The van der Waals surface area contributed by atoms with E-state index in [1.54, 1.807) is 11.3 Å². The van der Waals surface area contributed by atoms with Gasteiger partial charge in [0.15, 0.2) is 0 Å². The van der Waals surface area contributed by atoms with Crippen molar-refractivity contribution < 1.29 is 5.11 Å². The topological polar surface area (TPSA) is 70.1 Å². The Bertz CT molecular complexity index is 530. The van der Waals surface area contributed by atoms with Gasteiger partial charge in [-0.05, 0) is 35.7 Å². The third-order valence-electron chi connectivity index (χ3n) is 3.02. The molecule has 0 aliphatic carbocycles. The molecule has 0 aromatic carbocycles. The number of anilines is 2. The van der Waals surface area contributed by atoms with Crippen molar-refractivity contribution >= 4 is 23.0 Å². The highest BCUT2D eigenvalue weighted by molar-refractivity contribution is 7.07. The summed E-state index contributed by atoms with van der Waals surface area (Å²) < 4.78 is 0. The molecule has 5 nitrogen and oxygen atoms in total. The van der Waals surface area contributed by atoms with E-state index >= 15 is 0 Å². The predicted molar refractivity (Wildman–Crippen MR) is 83.3 cm³/mol. The molecule has 0 aliphatic rings. The summed E-state index contributed by atoms with van der Waals surface area (Å²) in [6, 6.07) is 1.93. The van der Waals surface area contributed by atoms with Gasteiger partial charge in [-0.15, -0.1) is 0 Å². The van der Waals surface area contributed by atoms with E-state index in [9.17, 15) is 5.11 Å². The minimum Gasteiger partial charge on any atom is -0.387 e. The van der Waals surface area contributed by atoms with Crippen LogP contribution in [0.3, 0.4) is 0 Å². The normalized spacial score (nSPS) is 12.2. The highest BCUT2D eigenvalue weighted by atomic mass is 32.1. The highest BCUT2D eigenvalue weighted by Crippen LogP contribution is 2.20. The molecule has 0 saturated carbocycles. The first-order chi connectivity index (χ1) is 9.72. The first-order valence-electron chi connectivity index (χ1n) is 6.72. The lowest BCUT2D eigenvalue weighted by Crippen LogP contribution is -2.14. The molecule has 108 valence electrons. The molecule has 6 heteroatoms. The zero-order valence-corrected chi connectivity index (χ0v) is 12.6. The molecule has 2 aromatic rings. The maximum atomic E-state index is 10.1. The number of hydrogen-bond acceptors (Lipinski definition) is 6. The fourth-order valence-electron chi connectivity index (χ4n) is 1.83. The van der Waals surface area contributed by atoms with E-state index in [0.717, 1.165) is 35.7 Å². The van der Waals surface area contributed by atoms with Crippen molar-refractivity contribution in [2.45, 2.75) is 26.4 Å². The second kappa shape index (κ2) is 7.21. The number of hydrogen-bond donors (Lipinski definition) is 3. The molecule has 1 unspecified atom stereocenters. The van der Waals surface area contributed by atoms with Crippen LogP contribution in [0.1, 0.15) is 30.6 Å². The second-order valence-corrected chi connectivity index (χ2v) is 5.36. The number of aromatic nitrogens is 2. The fraction of sp³-hybridized carbons (Fsp3) is 0.429. The van der Waals surface area contributed by atoms with Gasteiger partial charge in [-0.2, -0.15) is 11.3 Å². The Kier molecular flexibility index (Phi) is 5.31. The third kappa shape index (κ3) is 3.68. The first-order valence-corrected chi connectivity index (χ1v) is 7.66. The van der Waals surface area contributed by atoms with Crippen LogP contribution in [0.15, 0.2) is 23.2 Å². The highest BCUT2D eigenvalue weighted by Gasteiger charge is 2.10. The van der Waals surface area contributed by atoms with Crippen LogP contribution in [-0.2, 0) is 0 Å². The van der Waals surface area contributed by atoms with Crippen molar-refractivity contribution in [2.75, 3.05) is 23.7 Å². The van der Waals surface area contributed by atoms with Crippen molar-refractivity contribution in [1.82, 2.24) is 9.97 Å². The van der Waals surface area contributed by atoms with Gasteiger partial charge in [0.2, 0.25) is 0 Å². The lowest BCUT2D eigenvalue weighted by Gasteiger charge is -2.14. The van der Waals surface area contributed by atoms with E-state index in [-0.39, 0.29) is 0 Å². The number of thiophene rings is 1. The van der Waals surface area contributed by atoms with Gasteiger partial charge in [-0.1, -0.05) is 6.92 Å². The molecule has 0 fully saturated rings. The smallest absolute Gasteiger partial charge is 0.134 e. The van der Waals surface area contributed by atoms with Crippen LogP contribution in [0.5, 0.6) is 0 Å². The van der Waals surface area contributed by atoms with Gasteiger partial charge in [0.05, 0.1) is 6.10 Å². The summed E-state index contributed by atoms with van der Waals surface area (Å²) in [4.78, 5) is 8.46. The van der Waals surface area contributed by atoms with E-state index in [2.05, 4.69) is 27.5 Å². The largest absolute Gasteiger partial charge is 0.387 e. The molecule has 1 atom stereocenters. The molecule has 2 aromatic heterocycles. The lowest BCUT2D eigenvalue weighted by molar-refractivity contribution is 0.192. The molecular formula is C14H20N4OS. The minimum absolute atomic E-state index is 0.432. The maximum Gasteiger partial charge on any atom is 0.134 e. The molecule has 0 saturated heterocycles. The van der Waals surface area contributed by atoms with E-state index in [0.29, 0.717) is 6.54 Å². The van der Waals surface area contributed by atoms with Gasteiger partial charge in [0, 0.05) is 18.7 Å². The van der Waals surface area contributed by atoms with Crippen LogP contribution in [0.25, 0.3) is 0 Å². The van der Waals surface area contributed by atoms with Crippen LogP contribution in [0, 0.1) is 6.92 Å². The summed E-state index contributed by atoms with van der Waals surface area (Å²) in [5, 5.41) is 20.4. The summed E-state index contributed by atoms with van der Waals surface area (Å²) in [5.41, 5.74) is 1.90. The quantitative estimate of drug-likeness (QED) is 0.732. The summed E-state index contributed by atoms with van der Waals surface area (Å²) in [5.74, 6) is 1.60.